The molecule has 0 bridgehead atoms. The molecular weight excluding hydrogens is 673 g/mol. The standard InChI is InChI=1S/C42H48N12/c1-10-46-40-49(16-1)19-4-22-52(40)37-28-31(7-13-43-37)34-25-35(32-8-14-44-38(29-32)53-23-5-20-50-17-2-11-47-41(50)53)27-36(26-34)33-9-15-45-39(30-33)54-24-6-21-51-18-3-12-48-42(51)54/h7-9,13-15,25-30H,1-6,10-12,16-24H2. The van der Waals surface area contributed by atoms with Gasteiger partial charge in [0.25, 0.3) is 0 Å². The molecule has 0 saturated carbocycles. The Balaban J connectivity index is 1.06. The summed E-state index contributed by atoms with van der Waals surface area (Å²) < 4.78 is 0. The van der Waals surface area contributed by atoms with E-state index in [9.17, 15) is 0 Å². The summed E-state index contributed by atoms with van der Waals surface area (Å²) in [6, 6.07) is 20.1. The van der Waals surface area contributed by atoms with Gasteiger partial charge in [0.2, 0.25) is 17.9 Å². The van der Waals surface area contributed by atoms with Crippen LogP contribution < -0.4 is 14.7 Å². The van der Waals surface area contributed by atoms with Crippen molar-refractivity contribution in [3.63, 3.8) is 0 Å². The molecule has 12 heteroatoms. The van der Waals surface area contributed by atoms with Crippen molar-refractivity contribution in [3.8, 4) is 33.4 Å². The van der Waals surface area contributed by atoms with Crippen molar-refractivity contribution in [2.24, 2.45) is 15.0 Å². The van der Waals surface area contributed by atoms with Crippen LogP contribution in [-0.4, -0.2) is 126 Å². The van der Waals surface area contributed by atoms with Gasteiger partial charge in [0.05, 0.1) is 0 Å². The van der Waals surface area contributed by atoms with Crippen LogP contribution in [-0.2, 0) is 0 Å². The van der Waals surface area contributed by atoms with E-state index in [1.807, 2.05) is 18.6 Å². The molecule has 276 valence electrons. The summed E-state index contributed by atoms with van der Waals surface area (Å²) >= 11 is 0. The topological polar surface area (TPSA) is 95.2 Å². The molecule has 12 nitrogen and oxygen atoms in total. The van der Waals surface area contributed by atoms with E-state index in [0.717, 1.165) is 186 Å². The fourth-order valence-electron chi connectivity index (χ4n) is 8.90. The zero-order chi connectivity index (χ0) is 35.8. The first-order valence-electron chi connectivity index (χ1n) is 20.0. The summed E-state index contributed by atoms with van der Waals surface area (Å²) in [5.74, 6) is 6.06. The van der Waals surface area contributed by atoms with Crippen molar-refractivity contribution in [3.05, 3.63) is 73.2 Å². The van der Waals surface area contributed by atoms with Gasteiger partial charge < -0.3 is 14.7 Å². The molecule has 9 heterocycles. The predicted octanol–water partition coefficient (Wildman–Crippen LogP) is 5.69. The summed E-state index contributed by atoms with van der Waals surface area (Å²) in [5, 5.41) is 0. The zero-order valence-electron chi connectivity index (χ0n) is 31.0. The van der Waals surface area contributed by atoms with E-state index < -0.39 is 0 Å². The van der Waals surface area contributed by atoms with Crippen LogP contribution >= 0.6 is 0 Å². The quantitative estimate of drug-likeness (QED) is 0.249. The number of guanidine groups is 3. The molecule has 1 aromatic carbocycles. The number of fused-ring (bicyclic) bond motifs is 3. The second kappa shape index (κ2) is 14.4. The summed E-state index contributed by atoms with van der Waals surface area (Å²) in [7, 11) is 0. The number of benzene rings is 1. The van der Waals surface area contributed by atoms with Crippen LogP contribution in [0.1, 0.15) is 38.5 Å². The third-order valence-electron chi connectivity index (χ3n) is 11.5. The van der Waals surface area contributed by atoms with Gasteiger partial charge in [0.15, 0.2) is 0 Å². The Morgan fingerprint density at radius 2 is 0.648 bits per heavy atom. The van der Waals surface area contributed by atoms with Crippen LogP contribution in [0, 0.1) is 0 Å². The molecule has 3 aromatic heterocycles. The van der Waals surface area contributed by atoms with Gasteiger partial charge in [-0.25, -0.2) is 15.0 Å². The SMILES string of the molecule is c1cc(-c2cc(-c3ccnc(N4CCCN5CCCN=C54)c3)cc(-c3ccnc(N4CCCN5CCCN=C54)c3)c2)cc(N2CCCN3CCCN=C32)n1. The Labute approximate surface area is 317 Å². The summed E-state index contributed by atoms with van der Waals surface area (Å²) in [6.07, 6.45) is 12.5. The molecule has 3 fully saturated rings. The molecule has 0 unspecified atom stereocenters. The molecule has 0 amide bonds. The number of nitrogens with zero attached hydrogens (tertiary/aromatic N) is 12. The highest BCUT2D eigenvalue weighted by Crippen LogP contribution is 2.36. The van der Waals surface area contributed by atoms with Crippen molar-refractivity contribution >= 4 is 35.3 Å². The highest BCUT2D eigenvalue weighted by atomic mass is 15.4. The lowest BCUT2D eigenvalue weighted by Crippen LogP contribution is -2.52. The number of aliphatic imine (C=N–C) groups is 3. The molecule has 0 spiro atoms. The largest absolute Gasteiger partial charge is 0.342 e. The maximum atomic E-state index is 4.95. The van der Waals surface area contributed by atoms with Crippen molar-refractivity contribution in [1.29, 1.82) is 0 Å². The first kappa shape index (κ1) is 33.1. The summed E-state index contributed by atoms with van der Waals surface area (Å²) in [6.45, 7) is 11.8. The van der Waals surface area contributed by atoms with E-state index in [4.69, 9.17) is 29.9 Å². The zero-order valence-corrected chi connectivity index (χ0v) is 31.0. The second-order valence-corrected chi connectivity index (χ2v) is 15.1. The Morgan fingerprint density at radius 3 is 0.981 bits per heavy atom. The summed E-state index contributed by atoms with van der Waals surface area (Å²) in [5.41, 5.74) is 6.82. The van der Waals surface area contributed by atoms with E-state index in [1.54, 1.807) is 0 Å². The van der Waals surface area contributed by atoms with Crippen molar-refractivity contribution in [2.75, 3.05) is 93.2 Å². The first-order chi connectivity index (χ1) is 26.7. The van der Waals surface area contributed by atoms with E-state index in [2.05, 4.69) is 84.0 Å². The second-order valence-electron chi connectivity index (χ2n) is 15.1. The number of anilines is 3. The normalized spacial score (nSPS) is 20.1. The fourth-order valence-corrected chi connectivity index (χ4v) is 8.90. The average Bonchev–Trinajstić information content (AvgIpc) is 3.26. The fraction of sp³-hybridized carbons (Fsp3) is 0.429. The minimum atomic E-state index is 0.876. The maximum Gasteiger partial charge on any atom is 0.202 e. The third kappa shape index (κ3) is 6.31. The summed E-state index contributed by atoms with van der Waals surface area (Å²) in [4.78, 5) is 43.7. The third-order valence-corrected chi connectivity index (χ3v) is 11.5. The number of hydrogen-bond donors (Lipinski definition) is 0. The Kier molecular flexibility index (Phi) is 8.80. The number of aromatic nitrogens is 3. The molecule has 0 radical (unpaired) electrons. The van der Waals surface area contributed by atoms with Crippen LogP contribution in [0.25, 0.3) is 33.4 Å². The molecule has 4 aromatic rings. The van der Waals surface area contributed by atoms with Crippen LogP contribution in [0.4, 0.5) is 17.5 Å². The van der Waals surface area contributed by atoms with Crippen LogP contribution in [0.5, 0.6) is 0 Å². The number of pyridine rings is 3. The predicted molar refractivity (Wildman–Crippen MR) is 217 cm³/mol. The smallest absolute Gasteiger partial charge is 0.202 e. The molecule has 0 N–H and O–H groups in total. The average molecular weight is 721 g/mol. The molecular formula is C42H48N12. The Bertz CT molecular complexity index is 1880. The van der Waals surface area contributed by atoms with Crippen LogP contribution in [0.3, 0.4) is 0 Å². The molecule has 10 rings (SSSR count). The van der Waals surface area contributed by atoms with Gasteiger partial charge >= 0.3 is 0 Å². The number of hydrogen-bond acceptors (Lipinski definition) is 12. The van der Waals surface area contributed by atoms with E-state index in [1.165, 1.54) is 0 Å². The minimum Gasteiger partial charge on any atom is -0.342 e. The first-order valence-corrected chi connectivity index (χ1v) is 20.0. The van der Waals surface area contributed by atoms with Gasteiger partial charge in [-0.05, 0) is 127 Å². The lowest BCUT2D eigenvalue weighted by molar-refractivity contribution is 0.359. The van der Waals surface area contributed by atoms with Crippen molar-refractivity contribution < 1.29 is 0 Å². The molecule has 3 saturated heterocycles. The van der Waals surface area contributed by atoms with Gasteiger partial charge in [-0.2, -0.15) is 0 Å². The van der Waals surface area contributed by atoms with Crippen LogP contribution in [0.15, 0.2) is 88.2 Å². The Morgan fingerprint density at radius 1 is 0.333 bits per heavy atom. The Hall–Kier alpha value is -5.52. The monoisotopic (exact) mass is 720 g/mol. The molecule has 6 aliphatic rings. The highest BCUT2D eigenvalue weighted by molar-refractivity contribution is 5.99. The van der Waals surface area contributed by atoms with E-state index >= 15 is 0 Å². The van der Waals surface area contributed by atoms with Gasteiger partial charge in [-0.15, -0.1) is 0 Å². The highest BCUT2D eigenvalue weighted by Gasteiger charge is 2.30. The number of rotatable bonds is 6. The van der Waals surface area contributed by atoms with E-state index in [0.29, 0.717) is 0 Å². The van der Waals surface area contributed by atoms with Crippen molar-refractivity contribution in [1.82, 2.24) is 29.7 Å². The molecule has 0 atom stereocenters. The lowest BCUT2D eigenvalue weighted by Gasteiger charge is -2.40. The lowest BCUT2D eigenvalue weighted by atomic mass is 9.94. The van der Waals surface area contributed by atoms with Gasteiger partial charge in [-0.1, -0.05) is 0 Å². The molecule has 0 aliphatic carbocycles. The van der Waals surface area contributed by atoms with Crippen LogP contribution in [0.2, 0.25) is 0 Å². The van der Waals surface area contributed by atoms with Gasteiger partial charge in [0.1, 0.15) is 17.5 Å². The maximum absolute atomic E-state index is 4.95. The molecule has 54 heavy (non-hydrogen) atoms. The van der Waals surface area contributed by atoms with Gasteiger partial charge in [0, 0.05) is 97.1 Å². The van der Waals surface area contributed by atoms with E-state index in [-0.39, 0.29) is 0 Å². The van der Waals surface area contributed by atoms with Crippen molar-refractivity contribution in [2.45, 2.75) is 38.5 Å². The molecule has 6 aliphatic heterocycles. The van der Waals surface area contributed by atoms with Gasteiger partial charge in [-0.3, -0.25) is 29.7 Å². The minimum absolute atomic E-state index is 0.876.